The zero-order chi connectivity index (χ0) is 27.7. The summed E-state index contributed by atoms with van der Waals surface area (Å²) in [4.78, 5) is 0. The maximum absolute atomic E-state index is 2.62. The van der Waals surface area contributed by atoms with E-state index in [0.29, 0.717) is 0 Å². The van der Waals surface area contributed by atoms with Crippen LogP contribution >= 0.6 is 0 Å². The molecule has 0 radical (unpaired) electrons. The first kappa shape index (κ1) is 23.1. The number of rotatable bonds is 2. The molecule has 196 valence electrons. The van der Waals surface area contributed by atoms with Crippen molar-refractivity contribution in [2.75, 3.05) is 0 Å². The SMILES string of the molecule is CC1(C)c2cccc3c2-n2c4c1cc(-c1ccccc1)cc4c1cc(-c4ccc5ccccc5c4)cc(c12)C3(C)C. The third-order valence-corrected chi connectivity index (χ3v) is 10.1. The second-order valence-electron chi connectivity index (χ2n) is 13.1. The Kier molecular flexibility index (Phi) is 4.26. The molecule has 1 aromatic heterocycles. The van der Waals surface area contributed by atoms with Crippen molar-refractivity contribution in [2.24, 2.45) is 0 Å². The molecule has 0 amide bonds. The molecule has 0 spiro atoms. The van der Waals surface area contributed by atoms with Gasteiger partial charge in [0.15, 0.2) is 0 Å². The van der Waals surface area contributed by atoms with Gasteiger partial charge in [-0.2, -0.15) is 0 Å². The molecule has 0 fully saturated rings. The summed E-state index contributed by atoms with van der Waals surface area (Å²) in [5.41, 5.74) is 14.7. The van der Waals surface area contributed by atoms with Crippen LogP contribution in [0.4, 0.5) is 0 Å². The number of fused-ring (bicyclic) bond motifs is 2. The third kappa shape index (κ3) is 2.86. The highest BCUT2D eigenvalue weighted by molar-refractivity contribution is 6.16. The molecule has 0 aliphatic carbocycles. The molecule has 0 unspecified atom stereocenters. The minimum atomic E-state index is -0.128. The molecule has 0 saturated carbocycles. The monoisotopic (exact) mass is 525 g/mol. The van der Waals surface area contributed by atoms with Crippen LogP contribution in [0.1, 0.15) is 49.9 Å². The van der Waals surface area contributed by atoms with Gasteiger partial charge < -0.3 is 4.57 Å². The molecule has 3 heterocycles. The van der Waals surface area contributed by atoms with E-state index >= 15 is 0 Å². The van der Waals surface area contributed by atoms with Gasteiger partial charge in [-0.3, -0.25) is 0 Å². The van der Waals surface area contributed by atoms with Crippen LogP contribution < -0.4 is 0 Å². The molecule has 41 heavy (non-hydrogen) atoms. The smallest absolute Gasteiger partial charge is 0.0582 e. The van der Waals surface area contributed by atoms with E-state index in [9.17, 15) is 0 Å². The van der Waals surface area contributed by atoms with E-state index in [0.717, 1.165) is 0 Å². The van der Waals surface area contributed by atoms with E-state index in [1.807, 2.05) is 0 Å². The Morgan fingerprint density at radius 3 is 1.61 bits per heavy atom. The minimum Gasteiger partial charge on any atom is -0.308 e. The molecule has 0 atom stereocenters. The predicted octanol–water partition coefficient (Wildman–Crippen LogP) is 10.5. The van der Waals surface area contributed by atoms with Gasteiger partial charge in [-0.15, -0.1) is 0 Å². The standard InChI is InChI=1S/C40H31N/c1-39(2)32-15-10-16-33-38(32)41-36-30(20-28(22-34(36)39)24-11-6-5-7-12-24)31-21-29(23-35(37(31)41)40(33,3)4)27-18-17-25-13-8-9-14-26(25)19-27/h5-23H,1-4H3. The van der Waals surface area contributed by atoms with Crippen LogP contribution in [0.15, 0.2) is 115 Å². The highest BCUT2D eigenvalue weighted by Gasteiger charge is 2.43. The van der Waals surface area contributed by atoms with Gasteiger partial charge in [-0.1, -0.05) is 113 Å². The van der Waals surface area contributed by atoms with Gasteiger partial charge in [0, 0.05) is 21.6 Å². The fourth-order valence-corrected chi connectivity index (χ4v) is 7.87. The Morgan fingerprint density at radius 1 is 0.415 bits per heavy atom. The van der Waals surface area contributed by atoms with Crippen molar-refractivity contribution in [3.05, 3.63) is 138 Å². The van der Waals surface area contributed by atoms with Gasteiger partial charge in [0.05, 0.1) is 16.7 Å². The van der Waals surface area contributed by atoms with Crippen molar-refractivity contribution >= 4 is 32.6 Å². The topological polar surface area (TPSA) is 4.93 Å². The van der Waals surface area contributed by atoms with Crippen molar-refractivity contribution in [3.8, 4) is 27.9 Å². The summed E-state index contributed by atoms with van der Waals surface area (Å²) in [6.45, 7) is 9.66. The molecule has 7 aromatic rings. The van der Waals surface area contributed by atoms with Gasteiger partial charge in [-0.25, -0.2) is 0 Å². The molecule has 9 rings (SSSR count). The number of hydrogen-bond donors (Lipinski definition) is 0. The lowest BCUT2D eigenvalue weighted by atomic mass is 9.68. The van der Waals surface area contributed by atoms with Crippen molar-refractivity contribution in [2.45, 2.75) is 38.5 Å². The maximum Gasteiger partial charge on any atom is 0.0582 e. The first-order valence-electron chi connectivity index (χ1n) is 14.7. The summed E-state index contributed by atoms with van der Waals surface area (Å²) in [7, 11) is 0. The highest BCUT2D eigenvalue weighted by Crippen LogP contribution is 2.56. The lowest BCUT2D eigenvalue weighted by Crippen LogP contribution is -2.33. The van der Waals surface area contributed by atoms with Crippen LogP contribution in [0, 0.1) is 0 Å². The van der Waals surface area contributed by atoms with Crippen LogP contribution in [0.3, 0.4) is 0 Å². The summed E-state index contributed by atoms with van der Waals surface area (Å²) >= 11 is 0. The van der Waals surface area contributed by atoms with Crippen LogP contribution in [-0.2, 0) is 10.8 Å². The number of nitrogens with zero attached hydrogens (tertiary/aromatic N) is 1. The zero-order valence-electron chi connectivity index (χ0n) is 23.9. The largest absolute Gasteiger partial charge is 0.308 e. The Labute approximate surface area is 240 Å². The second kappa shape index (κ2) is 7.56. The van der Waals surface area contributed by atoms with E-state index in [2.05, 4.69) is 148 Å². The van der Waals surface area contributed by atoms with Crippen molar-refractivity contribution in [1.29, 1.82) is 0 Å². The highest BCUT2D eigenvalue weighted by atomic mass is 15.0. The fourth-order valence-electron chi connectivity index (χ4n) is 7.87. The Bertz CT molecular complexity index is 2240. The molecule has 0 N–H and O–H groups in total. The molecule has 0 saturated heterocycles. The maximum atomic E-state index is 2.62. The first-order chi connectivity index (χ1) is 19.8. The van der Waals surface area contributed by atoms with E-state index in [1.165, 1.54) is 82.8 Å². The first-order valence-corrected chi connectivity index (χ1v) is 14.7. The van der Waals surface area contributed by atoms with Gasteiger partial charge in [0.25, 0.3) is 0 Å². The predicted molar refractivity (Wildman–Crippen MR) is 173 cm³/mol. The fraction of sp³-hybridized carbons (Fsp3) is 0.150. The quantitative estimate of drug-likeness (QED) is 0.212. The van der Waals surface area contributed by atoms with Crippen LogP contribution in [0.25, 0.3) is 60.5 Å². The minimum absolute atomic E-state index is 0.118. The van der Waals surface area contributed by atoms with Crippen LogP contribution in [0.5, 0.6) is 0 Å². The molecule has 2 aliphatic rings. The van der Waals surface area contributed by atoms with Crippen LogP contribution in [0.2, 0.25) is 0 Å². The average Bonchev–Trinajstić information content (AvgIpc) is 3.33. The normalized spacial score (nSPS) is 15.7. The number of para-hydroxylation sites is 1. The van der Waals surface area contributed by atoms with E-state index < -0.39 is 0 Å². The van der Waals surface area contributed by atoms with E-state index in [-0.39, 0.29) is 10.8 Å². The van der Waals surface area contributed by atoms with Gasteiger partial charge in [-0.05, 0) is 85.6 Å². The average molecular weight is 526 g/mol. The van der Waals surface area contributed by atoms with Gasteiger partial charge in [0.1, 0.15) is 0 Å². The summed E-state index contributed by atoms with van der Waals surface area (Å²) in [6.07, 6.45) is 0. The van der Waals surface area contributed by atoms with E-state index in [1.54, 1.807) is 0 Å². The molecule has 1 nitrogen and oxygen atoms in total. The van der Waals surface area contributed by atoms with Gasteiger partial charge >= 0.3 is 0 Å². The lowest BCUT2D eigenvalue weighted by Gasteiger charge is -2.42. The van der Waals surface area contributed by atoms with Crippen LogP contribution in [-0.4, -0.2) is 4.57 Å². The molecular weight excluding hydrogens is 494 g/mol. The number of aromatic nitrogens is 1. The van der Waals surface area contributed by atoms with Gasteiger partial charge in [0.2, 0.25) is 0 Å². The zero-order valence-corrected chi connectivity index (χ0v) is 23.9. The molecule has 6 aromatic carbocycles. The molecule has 0 bridgehead atoms. The number of benzene rings is 6. The van der Waals surface area contributed by atoms with Crippen molar-refractivity contribution < 1.29 is 0 Å². The lowest BCUT2D eigenvalue weighted by molar-refractivity contribution is 0.594. The molecular formula is C40H31N. The number of hydrogen-bond acceptors (Lipinski definition) is 0. The summed E-state index contributed by atoms with van der Waals surface area (Å²) in [5.74, 6) is 0. The summed E-state index contributed by atoms with van der Waals surface area (Å²) < 4.78 is 2.62. The Balaban J connectivity index is 1.48. The van der Waals surface area contributed by atoms with Crippen molar-refractivity contribution in [3.63, 3.8) is 0 Å². The summed E-state index contributed by atoms with van der Waals surface area (Å²) in [6, 6.07) is 43.3. The molecule has 2 aliphatic heterocycles. The second-order valence-corrected chi connectivity index (χ2v) is 13.1. The third-order valence-electron chi connectivity index (χ3n) is 10.1. The van der Waals surface area contributed by atoms with E-state index in [4.69, 9.17) is 0 Å². The summed E-state index contributed by atoms with van der Waals surface area (Å²) in [5, 5.41) is 5.27. The Hall–Kier alpha value is -4.62. The van der Waals surface area contributed by atoms with Crippen molar-refractivity contribution in [1.82, 2.24) is 4.57 Å². The molecule has 1 heteroatoms. The Morgan fingerprint density at radius 2 is 0.976 bits per heavy atom.